The SMILES string of the molecule is COc1ccc(C(C)Nc2cccc(CCCO)c2)cc1. The number of aryl methyl sites for hydroxylation is 1. The number of ether oxygens (including phenoxy) is 1. The number of benzene rings is 2. The molecule has 21 heavy (non-hydrogen) atoms. The van der Waals surface area contributed by atoms with E-state index < -0.39 is 0 Å². The highest BCUT2D eigenvalue weighted by Gasteiger charge is 2.06. The molecule has 1 unspecified atom stereocenters. The fraction of sp³-hybridized carbons (Fsp3) is 0.333. The third-order valence-electron chi connectivity index (χ3n) is 3.55. The van der Waals surface area contributed by atoms with Gasteiger partial charge in [0.2, 0.25) is 0 Å². The summed E-state index contributed by atoms with van der Waals surface area (Å²) in [6.45, 7) is 2.38. The summed E-state index contributed by atoms with van der Waals surface area (Å²) in [5.41, 5.74) is 3.57. The normalized spacial score (nSPS) is 12.0. The first-order chi connectivity index (χ1) is 10.2. The van der Waals surface area contributed by atoms with Crippen LogP contribution in [-0.4, -0.2) is 18.8 Å². The molecule has 0 aromatic heterocycles. The summed E-state index contributed by atoms with van der Waals surface area (Å²) in [4.78, 5) is 0. The molecule has 0 spiro atoms. The molecular formula is C18H23NO2. The van der Waals surface area contributed by atoms with E-state index in [0.29, 0.717) is 0 Å². The van der Waals surface area contributed by atoms with Crippen LogP contribution in [0.4, 0.5) is 5.69 Å². The van der Waals surface area contributed by atoms with Crippen molar-refractivity contribution in [2.75, 3.05) is 19.0 Å². The van der Waals surface area contributed by atoms with Gasteiger partial charge in [-0.1, -0.05) is 24.3 Å². The summed E-state index contributed by atoms with van der Waals surface area (Å²) in [5.74, 6) is 0.872. The first-order valence-corrected chi connectivity index (χ1v) is 7.33. The highest BCUT2D eigenvalue weighted by atomic mass is 16.5. The molecule has 1 atom stereocenters. The van der Waals surface area contributed by atoms with E-state index in [1.165, 1.54) is 11.1 Å². The van der Waals surface area contributed by atoms with Crippen molar-refractivity contribution in [3.8, 4) is 5.75 Å². The Hall–Kier alpha value is -2.00. The molecule has 0 saturated carbocycles. The van der Waals surface area contributed by atoms with Crippen LogP contribution in [0, 0.1) is 0 Å². The second-order valence-corrected chi connectivity index (χ2v) is 5.17. The molecule has 0 saturated heterocycles. The van der Waals surface area contributed by atoms with E-state index in [9.17, 15) is 0 Å². The van der Waals surface area contributed by atoms with Crippen LogP contribution in [-0.2, 0) is 6.42 Å². The Morgan fingerprint density at radius 1 is 1.14 bits per heavy atom. The molecule has 0 heterocycles. The average molecular weight is 285 g/mol. The molecule has 0 fully saturated rings. The lowest BCUT2D eigenvalue weighted by Crippen LogP contribution is -2.06. The maximum absolute atomic E-state index is 8.91. The van der Waals surface area contributed by atoms with Crippen LogP contribution in [0.25, 0.3) is 0 Å². The summed E-state index contributed by atoms with van der Waals surface area (Å²) in [6, 6.07) is 16.7. The maximum Gasteiger partial charge on any atom is 0.118 e. The van der Waals surface area contributed by atoms with E-state index in [1.54, 1.807) is 7.11 Å². The van der Waals surface area contributed by atoms with Gasteiger partial charge in [-0.25, -0.2) is 0 Å². The maximum atomic E-state index is 8.91. The van der Waals surface area contributed by atoms with E-state index in [4.69, 9.17) is 9.84 Å². The molecule has 0 aliphatic carbocycles. The van der Waals surface area contributed by atoms with Crippen molar-refractivity contribution in [2.24, 2.45) is 0 Å². The van der Waals surface area contributed by atoms with Gasteiger partial charge >= 0.3 is 0 Å². The minimum atomic E-state index is 0.226. The average Bonchev–Trinajstić information content (AvgIpc) is 2.53. The lowest BCUT2D eigenvalue weighted by Gasteiger charge is -2.17. The second-order valence-electron chi connectivity index (χ2n) is 5.17. The third kappa shape index (κ3) is 4.50. The van der Waals surface area contributed by atoms with Crippen molar-refractivity contribution >= 4 is 5.69 Å². The van der Waals surface area contributed by atoms with Crippen molar-refractivity contribution in [3.63, 3.8) is 0 Å². The predicted octanol–water partition coefficient (Wildman–Crippen LogP) is 3.79. The van der Waals surface area contributed by atoms with Crippen LogP contribution in [0.2, 0.25) is 0 Å². The first kappa shape index (κ1) is 15.4. The van der Waals surface area contributed by atoms with Crippen molar-refractivity contribution < 1.29 is 9.84 Å². The highest BCUT2D eigenvalue weighted by molar-refractivity contribution is 5.48. The molecule has 2 N–H and O–H groups in total. The van der Waals surface area contributed by atoms with Crippen LogP contribution in [0.15, 0.2) is 48.5 Å². The third-order valence-corrected chi connectivity index (χ3v) is 3.55. The zero-order valence-corrected chi connectivity index (χ0v) is 12.7. The lowest BCUT2D eigenvalue weighted by molar-refractivity contribution is 0.288. The molecule has 3 heteroatoms. The summed E-state index contributed by atoms with van der Waals surface area (Å²) < 4.78 is 5.18. The van der Waals surface area contributed by atoms with Crippen molar-refractivity contribution in [2.45, 2.75) is 25.8 Å². The summed E-state index contributed by atoms with van der Waals surface area (Å²) in [5, 5.41) is 12.4. The van der Waals surface area contributed by atoms with Crippen LogP contribution in [0.1, 0.15) is 30.5 Å². The monoisotopic (exact) mass is 285 g/mol. The zero-order chi connectivity index (χ0) is 15.1. The van der Waals surface area contributed by atoms with Crippen LogP contribution >= 0.6 is 0 Å². The number of aliphatic hydroxyl groups excluding tert-OH is 1. The molecule has 2 aromatic carbocycles. The largest absolute Gasteiger partial charge is 0.497 e. The van der Waals surface area contributed by atoms with Gasteiger partial charge in [-0.15, -0.1) is 0 Å². The number of methoxy groups -OCH3 is 1. The van der Waals surface area contributed by atoms with Gasteiger partial charge in [0.1, 0.15) is 5.75 Å². The highest BCUT2D eigenvalue weighted by Crippen LogP contribution is 2.22. The van der Waals surface area contributed by atoms with Gasteiger partial charge < -0.3 is 15.2 Å². The second kappa shape index (κ2) is 7.70. The van der Waals surface area contributed by atoms with Crippen LogP contribution in [0.5, 0.6) is 5.75 Å². The van der Waals surface area contributed by atoms with Crippen LogP contribution < -0.4 is 10.1 Å². The van der Waals surface area contributed by atoms with E-state index in [-0.39, 0.29) is 12.6 Å². The lowest BCUT2D eigenvalue weighted by atomic mass is 10.1. The zero-order valence-electron chi connectivity index (χ0n) is 12.7. The smallest absolute Gasteiger partial charge is 0.118 e. The fourth-order valence-corrected chi connectivity index (χ4v) is 2.33. The molecule has 3 nitrogen and oxygen atoms in total. The Balaban J connectivity index is 2.02. The Labute approximate surface area is 126 Å². The summed E-state index contributed by atoms with van der Waals surface area (Å²) in [6.07, 6.45) is 1.71. The van der Waals surface area contributed by atoms with Crippen molar-refractivity contribution in [1.82, 2.24) is 0 Å². The van der Waals surface area contributed by atoms with Gasteiger partial charge in [0, 0.05) is 18.3 Å². The predicted molar refractivity (Wildman–Crippen MR) is 86.9 cm³/mol. The molecule has 112 valence electrons. The molecule has 0 bridgehead atoms. The minimum absolute atomic E-state index is 0.226. The fourth-order valence-electron chi connectivity index (χ4n) is 2.33. The van der Waals surface area contributed by atoms with E-state index in [2.05, 4.69) is 48.6 Å². The Kier molecular flexibility index (Phi) is 5.64. The van der Waals surface area contributed by atoms with Crippen LogP contribution in [0.3, 0.4) is 0 Å². The molecule has 0 radical (unpaired) electrons. The van der Waals surface area contributed by atoms with E-state index in [0.717, 1.165) is 24.3 Å². The van der Waals surface area contributed by atoms with E-state index >= 15 is 0 Å². The number of anilines is 1. The first-order valence-electron chi connectivity index (χ1n) is 7.33. The quantitative estimate of drug-likeness (QED) is 0.813. The Morgan fingerprint density at radius 2 is 1.90 bits per heavy atom. The number of aliphatic hydroxyl groups is 1. The van der Waals surface area contributed by atoms with Gasteiger partial charge in [0.05, 0.1) is 7.11 Å². The van der Waals surface area contributed by atoms with Crippen molar-refractivity contribution in [1.29, 1.82) is 0 Å². The number of hydrogen-bond donors (Lipinski definition) is 2. The Morgan fingerprint density at radius 3 is 2.57 bits per heavy atom. The molecule has 0 aliphatic rings. The van der Waals surface area contributed by atoms with E-state index in [1.807, 2.05) is 12.1 Å². The Bertz CT molecular complexity index is 551. The summed E-state index contributed by atoms with van der Waals surface area (Å²) >= 11 is 0. The van der Waals surface area contributed by atoms with Gasteiger partial charge in [0.25, 0.3) is 0 Å². The number of nitrogens with one attached hydrogen (secondary N) is 1. The van der Waals surface area contributed by atoms with Gasteiger partial charge in [-0.2, -0.15) is 0 Å². The minimum Gasteiger partial charge on any atom is -0.497 e. The van der Waals surface area contributed by atoms with Crippen molar-refractivity contribution in [3.05, 3.63) is 59.7 Å². The molecule has 2 rings (SSSR count). The topological polar surface area (TPSA) is 41.5 Å². The molecule has 0 aliphatic heterocycles. The summed E-state index contributed by atoms with van der Waals surface area (Å²) in [7, 11) is 1.68. The molecule has 0 amide bonds. The molecule has 2 aromatic rings. The number of rotatable bonds is 7. The number of hydrogen-bond acceptors (Lipinski definition) is 3. The van der Waals surface area contributed by atoms with Gasteiger partial charge in [-0.3, -0.25) is 0 Å². The molecular weight excluding hydrogens is 262 g/mol. The standard InChI is InChI=1S/C18H23NO2/c1-14(16-8-10-18(21-2)11-9-16)19-17-7-3-5-15(13-17)6-4-12-20/h3,5,7-11,13-14,19-20H,4,6,12H2,1-2H3. The van der Waals surface area contributed by atoms with Gasteiger partial charge in [-0.05, 0) is 55.2 Å². The van der Waals surface area contributed by atoms with Gasteiger partial charge in [0.15, 0.2) is 0 Å².